The molecule has 6 nitrogen and oxygen atoms in total. The molecule has 2 aliphatic heterocycles. The molecule has 0 bridgehead atoms. The summed E-state index contributed by atoms with van der Waals surface area (Å²) in [4.78, 5) is 22.3. The SMILES string of the molecule is Cc1ncncc1C(=O)N1CCC2(CC1)OCCC[C@H]2O. The molecule has 2 fully saturated rings. The number of ether oxygens (including phenoxy) is 1. The molecule has 1 aromatic rings. The summed E-state index contributed by atoms with van der Waals surface area (Å²) in [7, 11) is 0. The van der Waals surface area contributed by atoms with Crippen LogP contribution in [0.1, 0.15) is 41.7 Å². The molecule has 3 rings (SSSR count). The van der Waals surface area contributed by atoms with E-state index in [2.05, 4.69) is 9.97 Å². The summed E-state index contributed by atoms with van der Waals surface area (Å²) in [6, 6.07) is 0. The number of aryl methyl sites for hydroxylation is 1. The molecule has 0 aliphatic carbocycles. The van der Waals surface area contributed by atoms with Gasteiger partial charge in [-0.25, -0.2) is 9.97 Å². The predicted molar refractivity (Wildman–Crippen MR) is 75.8 cm³/mol. The molecular formula is C15H21N3O3. The molecule has 1 N–H and O–H groups in total. The summed E-state index contributed by atoms with van der Waals surface area (Å²) >= 11 is 0. The third kappa shape index (κ3) is 2.65. The number of aliphatic hydroxyl groups is 1. The van der Waals surface area contributed by atoms with E-state index in [1.807, 2.05) is 11.8 Å². The van der Waals surface area contributed by atoms with Gasteiger partial charge in [-0.3, -0.25) is 4.79 Å². The number of carbonyl (C=O) groups excluding carboxylic acids is 1. The average molecular weight is 291 g/mol. The first-order valence-corrected chi connectivity index (χ1v) is 7.50. The lowest BCUT2D eigenvalue weighted by atomic mass is 9.82. The van der Waals surface area contributed by atoms with Crippen molar-refractivity contribution < 1.29 is 14.6 Å². The van der Waals surface area contributed by atoms with Crippen molar-refractivity contribution in [1.29, 1.82) is 0 Å². The van der Waals surface area contributed by atoms with E-state index < -0.39 is 11.7 Å². The lowest BCUT2D eigenvalue weighted by Crippen LogP contribution is -2.56. The number of carbonyl (C=O) groups is 1. The molecule has 6 heteroatoms. The Morgan fingerprint density at radius 2 is 2.24 bits per heavy atom. The average Bonchev–Trinajstić information content (AvgIpc) is 2.51. The van der Waals surface area contributed by atoms with E-state index >= 15 is 0 Å². The van der Waals surface area contributed by atoms with Gasteiger partial charge in [-0.1, -0.05) is 0 Å². The molecule has 0 unspecified atom stereocenters. The van der Waals surface area contributed by atoms with E-state index in [0.717, 1.165) is 12.8 Å². The Bertz CT molecular complexity index is 527. The Hall–Kier alpha value is -1.53. The normalized spacial score (nSPS) is 25.0. The van der Waals surface area contributed by atoms with Crippen molar-refractivity contribution in [3.63, 3.8) is 0 Å². The van der Waals surface area contributed by atoms with Gasteiger partial charge in [0, 0.05) is 25.9 Å². The fourth-order valence-electron chi connectivity index (χ4n) is 3.25. The Kier molecular flexibility index (Phi) is 3.91. The maximum Gasteiger partial charge on any atom is 0.257 e. The first-order chi connectivity index (χ1) is 10.1. The van der Waals surface area contributed by atoms with Gasteiger partial charge < -0.3 is 14.7 Å². The molecule has 114 valence electrons. The zero-order chi connectivity index (χ0) is 14.9. The smallest absolute Gasteiger partial charge is 0.257 e. The van der Waals surface area contributed by atoms with Crippen LogP contribution in [0.2, 0.25) is 0 Å². The number of piperidine rings is 1. The second-order valence-electron chi connectivity index (χ2n) is 5.89. The molecule has 3 heterocycles. The highest BCUT2D eigenvalue weighted by molar-refractivity contribution is 5.94. The minimum Gasteiger partial charge on any atom is -0.390 e. The molecule has 21 heavy (non-hydrogen) atoms. The number of aliphatic hydroxyl groups excluding tert-OH is 1. The maximum absolute atomic E-state index is 12.5. The topological polar surface area (TPSA) is 75.6 Å². The molecule has 0 aromatic carbocycles. The van der Waals surface area contributed by atoms with Crippen molar-refractivity contribution in [2.45, 2.75) is 44.3 Å². The summed E-state index contributed by atoms with van der Waals surface area (Å²) < 4.78 is 5.86. The van der Waals surface area contributed by atoms with Gasteiger partial charge in [0.1, 0.15) is 6.33 Å². The number of amides is 1. The monoisotopic (exact) mass is 291 g/mol. The number of hydrogen-bond acceptors (Lipinski definition) is 5. The van der Waals surface area contributed by atoms with Gasteiger partial charge in [0.25, 0.3) is 5.91 Å². The minimum atomic E-state index is -0.447. The molecule has 1 spiro atoms. The van der Waals surface area contributed by atoms with Crippen molar-refractivity contribution >= 4 is 5.91 Å². The van der Waals surface area contributed by atoms with Crippen molar-refractivity contribution in [2.75, 3.05) is 19.7 Å². The zero-order valence-corrected chi connectivity index (χ0v) is 12.3. The summed E-state index contributed by atoms with van der Waals surface area (Å²) in [6.45, 7) is 3.72. The molecule has 0 radical (unpaired) electrons. The van der Waals surface area contributed by atoms with Gasteiger partial charge in [-0.05, 0) is 32.6 Å². The van der Waals surface area contributed by atoms with Crippen LogP contribution in [0.4, 0.5) is 0 Å². The first kappa shape index (κ1) is 14.4. The zero-order valence-electron chi connectivity index (χ0n) is 12.3. The van der Waals surface area contributed by atoms with Crippen LogP contribution >= 0.6 is 0 Å². The second-order valence-corrected chi connectivity index (χ2v) is 5.89. The van der Waals surface area contributed by atoms with E-state index in [1.54, 1.807) is 6.20 Å². The second kappa shape index (κ2) is 5.69. The Balaban J connectivity index is 1.68. The predicted octanol–water partition coefficient (Wildman–Crippen LogP) is 0.931. The number of nitrogens with zero attached hydrogens (tertiary/aromatic N) is 3. The van der Waals surface area contributed by atoms with Crippen LogP contribution in [0.15, 0.2) is 12.5 Å². The van der Waals surface area contributed by atoms with E-state index in [9.17, 15) is 9.90 Å². The Morgan fingerprint density at radius 1 is 1.48 bits per heavy atom. The van der Waals surface area contributed by atoms with Gasteiger partial charge >= 0.3 is 0 Å². The molecule has 0 saturated carbocycles. The number of aromatic nitrogens is 2. The van der Waals surface area contributed by atoms with E-state index in [1.165, 1.54) is 6.33 Å². The molecular weight excluding hydrogens is 270 g/mol. The van der Waals surface area contributed by atoms with Gasteiger partial charge in [0.2, 0.25) is 0 Å². The highest BCUT2D eigenvalue weighted by Crippen LogP contribution is 2.35. The van der Waals surface area contributed by atoms with Gasteiger partial charge in [0.15, 0.2) is 0 Å². The largest absolute Gasteiger partial charge is 0.390 e. The summed E-state index contributed by atoms with van der Waals surface area (Å²) in [5.74, 6) is -0.0340. The van der Waals surface area contributed by atoms with Crippen molar-refractivity contribution in [3.05, 3.63) is 23.8 Å². The maximum atomic E-state index is 12.5. The van der Waals surface area contributed by atoms with Gasteiger partial charge in [-0.15, -0.1) is 0 Å². The van der Waals surface area contributed by atoms with Crippen LogP contribution < -0.4 is 0 Å². The quantitative estimate of drug-likeness (QED) is 0.833. The third-order valence-corrected chi connectivity index (χ3v) is 4.66. The summed E-state index contributed by atoms with van der Waals surface area (Å²) in [5.41, 5.74) is 0.805. The number of rotatable bonds is 1. The lowest BCUT2D eigenvalue weighted by Gasteiger charge is -2.46. The molecule has 2 saturated heterocycles. The third-order valence-electron chi connectivity index (χ3n) is 4.66. The standard InChI is InChI=1S/C15H21N3O3/c1-11-12(9-16-10-17-11)14(20)18-6-4-15(5-7-18)13(19)3-2-8-21-15/h9-10,13,19H,2-8H2,1H3/t13-/m1/s1. The fourth-order valence-corrected chi connectivity index (χ4v) is 3.25. The molecule has 1 amide bonds. The Labute approximate surface area is 124 Å². The highest BCUT2D eigenvalue weighted by atomic mass is 16.5. The summed E-state index contributed by atoms with van der Waals surface area (Å²) in [6.07, 6.45) is 5.68. The summed E-state index contributed by atoms with van der Waals surface area (Å²) in [5, 5.41) is 10.2. The van der Waals surface area contributed by atoms with Gasteiger partial charge in [0.05, 0.1) is 23.0 Å². The number of hydrogen-bond donors (Lipinski definition) is 1. The van der Waals surface area contributed by atoms with Crippen LogP contribution in [-0.4, -0.2) is 57.3 Å². The van der Waals surface area contributed by atoms with Crippen molar-refractivity contribution in [3.8, 4) is 0 Å². The van der Waals surface area contributed by atoms with Crippen molar-refractivity contribution in [2.24, 2.45) is 0 Å². The van der Waals surface area contributed by atoms with E-state index in [-0.39, 0.29) is 5.91 Å². The Morgan fingerprint density at radius 3 is 2.90 bits per heavy atom. The van der Waals surface area contributed by atoms with Crippen molar-refractivity contribution in [1.82, 2.24) is 14.9 Å². The minimum absolute atomic E-state index is 0.0340. The molecule has 1 aromatic heterocycles. The lowest BCUT2D eigenvalue weighted by molar-refractivity contribution is -0.174. The van der Waals surface area contributed by atoms with Crippen LogP contribution in [0.3, 0.4) is 0 Å². The van der Waals surface area contributed by atoms with Crippen LogP contribution in [0.25, 0.3) is 0 Å². The van der Waals surface area contributed by atoms with Crippen LogP contribution in [0, 0.1) is 6.92 Å². The van der Waals surface area contributed by atoms with Gasteiger partial charge in [-0.2, -0.15) is 0 Å². The molecule has 1 atom stereocenters. The van der Waals surface area contributed by atoms with Crippen LogP contribution in [0.5, 0.6) is 0 Å². The molecule has 2 aliphatic rings. The van der Waals surface area contributed by atoms with E-state index in [4.69, 9.17) is 4.74 Å². The number of likely N-dealkylation sites (tertiary alicyclic amines) is 1. The van der Waals surface area contributed by atoms with E-state index in [0.29, 0.717) is 43.8 Å². The fraction of sp³-hybridized carbons (Fsp3) is 0.667. The highest BCUT2D eigenvalue weighted by Gasteiger charge is 2.44. The van der Waals surface area contributed by atoms with Crippen LogP contribution in [-0.2, 0) is 4.74 Å². The first-order valence-electron chi connectivity index (χ1n) is 7.50.